The summed E-state index contributed by atoms with van der Waals surface area (Å²) < 4.78 is 97.9. The molecule has 7 nitrogen and oxygen atoms in total. The molecule has 2 heterocycles. The van der Waals surface area contributed by atoms with Crippen LogP contribution in [0.4, 0.5) is 30.7 Å². The Labute approximate surface area is 188 Å². The molecule has 14 heteroatoms. The smallest absolute Gasteiger partial charge is 0.377 e. The molecule has 0 aliphatic carbocycles. The molecule has 0 saturated carbocycles. The molecule has 2 unspecified atom stereocenters. The van der Waals surface area contributed by atoms with E-state index in [1.54, 1.807) is 0 Å². The second-order valence-electron chi connectivity index (χ2n) is 7.31. The second kappa shape index (κ2) is 10.4. The van der Waals surface area contributed by atoms with Crippen molar-refractivity contribution < 1.29 is 40.6 Å². The summed E-state index contributed by atoms with van der Waals surface area (Å²) in [6.07, 6.45) is -5.31. The number of halogens is 7. The van der Waals surface area contributed by atoms with Crippen LogP contribution in [0.3, 0.4) is 0 Å². The molecule has 3 rings (SSSR count). The Kier molecular flexibility index (Phi) is 7.82. The first-order chi connectivity index (χ1) is 16.0. The van der Waals surface area contributed by atoms with Crippen molar-refractivity contribution in [3.05, 3.63) is 71.3 Å². The van der Waals surface area contributed by atoms with Gasteiger partial charge in [0.25, 0.3) is 6.43 Å². The van der Waals surface area contributed by atoms with Gasteiger partial charge in [0.2, 0.25) is 0 Å². The zero-order valence-electron chi connectivity index (χ0n) is 17.3. The number of alkyl halides is 5. The topological polar surface area (TPSA) is 86.0 Å². The molecule has 0 saturated heterocycles. The Morgan fingerprint density at radius 1 is 1.09 bits per heavy atom. The number of hydrogen-bond donors (Lipinski definition) is 1. The number of rotatable bonds is 10. The number of pyridine rings is 1. The molecule has 1 aromatic carbocycles. The van der Waals surface area contributed by atoms with Crippen LogP contribution in [0.15, 0.2) is 42.9 Å². The van der Waals surface area contributed by atoms with E-state index < -0.39 is 48.0 Å². The van der Waals surface area contributed by atoms with Gasteiger partial charge in [0.1, 0.15) is 30.6 Å². The molecule has 2 aromatic heterocycles. The minimum Gasteiger partial charge on any atom is -0.377 e. The maximum atomic E-state index is 14.5. The first-order valence-electron chi connectivity index (χ1n) is 9.80. The highest BCUT2D eigenvalue weighted by molar-refractivity contribution is 5.32. The summed E-state index contributed by atoms with van der Waals surface area (Å²) in [5.41, 5.74) is -3.76. The van der Waals surface area contributed by atoms with E-state index in [1.807, 2.05) is 0 Å². The zero-order valence-corrected chi connectivity index (χ0v) is 17.3. The Bertz CT molecular complexity index is 1060. The molecule has 0 aliphatic rings. The van der Waals surface area contributed by atoms with Gasteiger partial charge < -0.3 is 9.84 Å². The van der Waals surface area contributed by atoms with Crippen molar-refractivity contribution in [2.75, 3.05) is 13.2 Å². The number of hydrogen-bond acceptors (Lipinski definition) is 6. The molecular formula is C20H18F7N5O2. The SMILES string of the molecule is OC(c1ccc(F)cc1F)(C(F)F)C(c1ccc(CCCOCC(F)(F)F)cn1)n1cnnn1. The van der Waals surface area contributed by atoms with Gasteiger partial charge in [-0.15, -0.1) is 5.10 Å². The fraction of sp³-hybridized carbons (Fsp3) is 0.400. The molecule has 1 N–H and O–H groups in total. The molecule has 2 atom stereocenters. The number of aryl methyl sites for hydroxylation is 1. The van der Waals surface area contributed by atoms with Gasteiger partial charge in [-0.3, -0.25) is 4.98 Å². The lowest BCUT2D eigenvalue weighted by Gasteiger charge is -2.35. The minimum absolute atomic E-state index is 0.163. The van der Waals surface area contributed by atoms with E-state index in [0.29, 0.717) is 17.7 Å². The number of tetrazole rings is 1. The number of benzene rings is 1. The van der Waals surface area contributed by atoms with Gasteiger partial charge in [0.05, 0.1) is 5.69 Å². The molecule has 0 amide bonds. The normalized spacial score (nSPS) is 14.9. The summed E-state index contributed by atoms with van der Waals surface area (Å²) in [5, 5.41) is 21.3. The summed E-state index contributed by atoms with van der Waals surface area (Å²) in [6.45, 7) is -1.53. The molecule has 0 aliphatic heterocycles. The average Bonchev–Trinajstić information content (AvgIpc) is 3.27. The zero-order chi connectivity index (χ0) is 24.9. The van der Waals surface area contributed by atoms with Crippen LogP contribution in [-0.2, 0) is 16.8 Å². The summed E-state index contributed by atoms with van der Waals surface area (Å²) in [6, 6.07) is 2.69. The molecule has 0 spiro atoms. The lowest BCUT2D eigenvalue weighted by atomic mass is 9.84. The van der Waals surface area contributed by atoms with Crippen molar-refractivity contribution in [3.8, 4) is 0 Å². The van der Waals surface area contributed by atoms with Crippen molar-refractivity contribution in [1.82, 2.24) is 25.2 Å². The van der Waals surface area contributed by atoms with Crippen LogP contribution >= 0.6 is 0 Å². The van der Waals surface area contributed by atoms with Gasteiger partial charge in [-0.2, -0.15) is 13.2 Å². The minimum atomic E-state index is -4.43. The number of aliphatic hydroxyl groups is 1. The van der Waals surface area contributed by atoms with E-state index in [4.69, 9.17) is 0 Å². The van der Waals surface area contributed by atoms with Crippen LogP contribution in [0.1, 0.15) is 29.3 Å². The third-order valence-corrected chi connectivity index (χ3v) is 4.89. The van der Waals surface area contributed by atoms with Crippen LogP contribution in [0.25, 0.3) is 0 Å². The predicted molar refractivity (Wildman–Crippen MR) is 102 cm³/mol. The third-order valence-electron chi connectivity index (χ3n) is 4.89. The van der Waals surface area contributed by atoms with Gasteiger partial charge in [0.15, 0.2) is 5.60 Å². The molecule has 0 bridgehead atoms. The Hall–Kier alpha value is -3.13. The van der Waals surface area contributed by atoms with Crippen LogP contribution in [0, 0.1) is 11.6 Å². The van der Waals surface area contributed by atoms with Gasteiger partial charge in [-0.1, -0.05) is 6.07 Å². The molecule has 0 radical (unpaired) electrons. The van der Waals surface area contributed by atoms with Crippen molar-refractivity contribution >= 4 is 0 Å². The fourth-order valence-corrected chi connectivity index (χ4v) is 3.36. The summed E-state index contributed by atoms with van der Waals surface area (Å²) in [7, 11) is 0. The van der Waals surface area contributed by atoms with Gasteiger partial charge in [-0.05, 0) is 47.0 Å². The molecule has 0 fully saturated rings. The molecule has 34 heavy (non-hydrogen) atoms. The second-order valence-corrected chi connectivity index (χ2v) is 7.31. The first kappa shape index (κ1) is 25.5. The van der Waals surface area contributed by atoms with Gasteiger partial charge in [-0.25, -0.2) is 22.2 Å². The van der Waals surface area contributed by atoms with Gasteiger partial charge >= 0.3 is 6.18 Å². The largest absolute Gasteiger partial charge is 0.411 e. The molecule has 184 valence electrons. The van der Waals surface area contributed by atoms with Gasteiger partial charge in [0, 0.05) is 24.4 Å². The Morgan fingerprint density at radius 2 is 1.85 bits per heavy atom. The maximum absolute atomic E-state index is 14.5. The number of ether oxygens (including phenoxy) is 1. The summed E-state index contributed by atoms with van der Waals surface area (Å²) in [4.78, 5) is 4.07. The van der Waals surface area contributed by atoms with Crippen molar-refractivity contribution in [3.63, 3.8) is 0 Å². The van der Waals surface area contributed by atoms with E-state index in [9.17, 15) is 35.8 Å². The van der Waals surface area contributed by atoms with Crippen molar-refractivity contribution in [2.45, 2.75) is 37.1 Å². The fourth-order valence-electron chi connectivity index (χ4n) is 3.36. The highest BCUT2D eigenvalue weighted by atomic mass is 19.4. The lowest BCUT2D eigenvalue weighted by Crippen LogP contribution is -2.45. The van der Waals surface area contributed by atoms with Crippen LogP contribution in [0.5, 0.6) is 0 Å². The Balaban J connectivity index is 1.88. The van der Waals surface area contributed by atoms with E-state index in [0.717, 1.165) is 17.1 Å². The standard InChI is InChI=1S/C20H18F7N5O2/c21-13-4-5-14(15(22)8-13)20(33,18(23)24)17(32-11-29-30-31-32)16-6-3-12(9-28-16)2-1-7-34-10-19(25,26)27/h3-6,8-9,11,17-18,33H,1-2,7,10H2. The average molecular weight is 493 g/mol. The van der Waals surface area contributed by atoms with E-state index in [2.05, 4.69) is 25.2 Å². The van der Waals surface area contributed by atoms with E-state index in [-0.39, 0.29) is 25.1 Å². The van der Waals surface area contributed by atoms with Crippen LogP contribution in [-0.4, -0.2) is 56.1 Å². The summed E-state index contributed by atoms with van der Waals surface area (Å²) in [5.74, 6) is -2.44. The summed E-state index contributed by atoms with van der Waals surface area (Å²) >= 11 is 0. The van der Waals surface area contributed by atoms with Crippen LogP contribution in [0.2, 0.25) is 0 Å². The van der Waals surface area contributed by atoms with E-state index in [1.165, 1.54) is 18.3 Å². The predicted octanol–water partition coefficient (Wildman–Crippen LogP) is 3.60. The Morgan fingerprint density at radius 3 is 2.41 bits per heavy atom. The highest BCUT2D eigenvalue weighted by Crippen LogP contribution is 2.42. The monoisotopic (exact) mass is 493 g/mol. The highest BCUT2D eigenvalue weighted by Gasteiger charge is 2.52. The first-order valence-corrected chi connectivity index (χ1v) is 9.80. The third kappa shape index (κ3) is 5.86. The molecular weight excluding hydrogens is 475 g/mol. The lowest BCUT2D eigenvalue weighted by molar-refractivity contribution is -0.174. The van der Waals surface area contributed by atoms with Crippen molar-refractivity contribution in [2.24, 2.45) is 0 Å². The van der Waals surface area contributed by atoms with E-state index >= 15 is 0 Å². The molecule has 3 aromatic rings. The van der Waals surface area contributed by atoms with Crippen LogP contribution < -0.4 is 0 Å². The quantitative estimate of drug-likeness (QED) is 0.343. The van der Waals surface area contributed by atoms with Crippen molar-refractivity contribution in [1.29, 1.82) is 0 Å². The number of nitrogens with zero attached hydrogens (tertiary/aromatic N) is 5. The number of aromatic nitrogens is 5. The maximum Gasteiger partial charge on any atom is 0.411 e.